The molecule has 2 heteroatoms. The van der Waals surface area contributed by atoms with Crippen LogP contribution in [0.2, 0.25) is 0 Å². The van der Waals surface area contributed by atoms with Gasteiger partial charge in [-0.3, -0.25) is 0 Å². The fourth-order valence-electron chi connectivity index (χ4n) is 3.67. The van der Waals surface area contributed by atoms with E-state index < -0.39 is 0 Å². The molecule has 0 radical (unpaired) electrons. The van der Waals surface area contributed by atoms with Crippen molar-refractivity contribution in [3.05, 3.63) is 0 Å². The molecule has 0 heterocycles. The Bertz CT molecular complexity index is 250. The minimum Gasteiger partial charge on any atom is -0.396 e. The number of rotatable bonds is 5. The van der Waals surface area contributed by atoms with Gasteiger partial charge >= 0.3 is 0 Å². The number of aliphatic hydroxyl groups excluding tert-OH is 1. The molecule has 108 valence electrons. The lowest BCUT2D eigenvalue weighted by Gasteiger charge is -2.46. The molecule has 1 aliphatic rings. The predicted octanol–water partition coefficient (Wildman–Crippen LogP) is 3.59. The van der Waals surface area contributed by atoms with Crippen molar-refractivity contribution in [2.45, 2.75) is 73.3 Å². The molecule has 1 rings (SSSR count). The summed E-state index contributed by atoms with van der Waals surface area (Å²) in [5, 5.41) is 13.2. The van der Waals surface area contributed by atoms with Crippen LogP contribution in [0, 0.1) is 16.2 Å². The first kappa shape index (κ1) is 16.0. The van der Waals surface area contributed by atoms with E-state index in [9.17, 15) is 5.11 Å². The minimum atomic E-state index is 0.0335. The van der Waals surface area contributed by atoms with Crippen LogP contribution in [0.15, 0.2) is 0 Å². The SMILES string of the molecule is CCC(C)(CO)CNC1CC(C)(C)CC(C)(C)C1. The quantitative estimate of drug-likeness (QED) is 0.787. The molecule has 1 aliphatic carbocycles. The molecular formula is C16H33NO. The molecule has 0 saturated heterocycles. The van der Waals surface area contributed by atoms with Crippen LogP contribution in [0.1, 0.15) is 67.2 Å². The first-order chi connectivity index (χ1) is 8.11. The lowest BCUT2D eigenvalue weighted by Crippen LogP contribution is -2.47. The molecule has 2 N–H and O–H groups in total. The topological polar surface area (TPSA) is 32.3 Å². The van der Waals surface area contributed by atoms with E-state index in [4.69, 9.17) is 0 Å². The molecule has 1 saturated carbocycles. The van der Waals surface area contributed by atoms with Crippen molar-refractivity contribution >= 4 is 0 Å². The molecule has 0 aromatic carbocycles. The van der Waals surface area contributed by atoms with E-state index in [2.05, 4.69) is 46.9 Å². The summed E-state index contributed by atoms with van der Waals surface area (Å²) >= 11 is 0. The third-order valence-electron chi connectivity index (χ3n) is 4.61. The predicted molar refractivity (Wildman–Crippen MR) is 78.7 cm³/mol. The Hall–Kier alpha value is -0.0800. The Kier molecular flexibility index (Phi) is 4.88. The van der Waals surface area contributed by atoms with Crippen molar-refractivity contribution in [2.24, 2.45) is 16.2 Å². The molecule has 1 fully saturated rings. The highest BCUT2D eigenvalue weighted by Crippen LogP contribution is 2.45. The normalized spacial score (nSPS) is 26.8. The number of nitrogens with one attached hydrogen (secondary N) is 1. The van der Waals surface area contributed by atoms with Crippen LogP contribution >= 0.6 is 0 Å². The zero-order chi connectivity index (χ0) is 14.0. The summed E-state index contributed by atoms with van der Waals surface area (Å²) in [6.07, 6.45) is 4.84. The Morgan fingerprint density at radius 2 is 1.67 bits per heavy atom. The van der Waals surface area contributed by atoms with Crippen molar-refractivity contribution < 1.29 is 5.11 Å². The maximum Gasteiger partial charge on any atom is 0.0496 e. The molecule has 18 heavy (non-hydrogen) atoms. The van der Waals surface area contributed by atoms with Crippen LogP contribution in [0.5, 0.6) is 0 Å². The third-order valence-corrected chi connectivity index (χ3v) is 4.61. The van der Waals surface area contributed by atoms with E-state index in [1.54, 1.807) is 0 Å². The molecule has 0 aromatic rings. The van der Waals surface area contributed by atoms with Crippen molar-refractivity contribution in [3.8, 4) is 0 Å². The van der Waals surface area contributed by atoms with E-state index in [1.807, 2.05) is 0 Å². The molecule has 0 amide bonds. The second-order valence-electron chi connectivity index (χ2n) is 8.31. The molecule has 0 bridgehead atoms. The second-order valence-corrected chi connectivity index (χ2v) is 8.31. The van der Waals surface area contributed by atoms with Gasteiger partial charge in [0.2, 0.25) is 0 Å². The largest absolute Gasteiger partial charge is 0.396 e. The Balaban J connectivity index is 2.57. The molecule has 2 nitrogen and oxygen atoms in total. The summed E-state index contributed by atoms with van der Waals surface area (Å²) in [5.41, 5.74) is 0.897. The molecule has 0 aliphatic heterocycles. The van der Waals surface area contributed by atoms with E-state index in [0.717, 1.165) is 13.0 Å². The van der Waals surface area contributed by atoms with E-state index in [0.29, 0.717) is 16.9 Å². The average molecular weight is 255 g/mol. The van der Waals surface area contributed by atoms with Crippen LogP contribution < -0.4 is 5.32 Å². The standard InChI is InChI=1S/C16H33NO/c1-7-16(6,12-18)11-17-13-8-14(2,3)10-15(4,5)9-13/h13,17-18H,7-12H2,1-6H3. The Labute approximate surface area is 114 Å². The zero-order valence-corrected chi connectivity index (χ0v) is 13.3. The molecule has 1 atom stereocenters. The number of hydrogen-bond donors (Lipinski definition) is 2. The summed E-state index contributed by atoms with van der Waals surface area (Å²) in [5.74, 6) is 0. The number of aliphatic hydroxyl groups is 1. The maximum absolute atomic E-state index is 9.48. The van der Waals surface area contributed by atoms with Gasteiger partial charge in [0.1, 0.15) is 0 Å². The van der Waals surface area contributed by atoms with Crippen LogP contribution in [0.3, 0.4) is 0 Å². The highest BCUT2D eigenvalue weighted by Gasteiger charge is 2.38. The van der Waals surface area contributed by atoms with Crippen LogP contribution in [-0.4, -0.2) is 24.3 Å². The fourth-order valence-corrected chi connectivity index (χ4v) is 3.67. The lowest BCUT2D eigenvalue weighted by molar-refractivity contribution is 0.0709. The van der Waals surface area contributed by atoms with Crippen molar-refractivity contribution in [2.75, 3.05) is 13.2 Å². The molecule has 0 spiro atoms. The van der Waals surface area contributed by atoms with Crippen molar-refractivity contribution in [1.29, 1.82) is 0 Å². The zero-order valence-electron chi connectivity index (χ0n) is 13.3. The van der Waals surface area contributed by atoms with Gasteiger partial charge in [0.05, 0.1) is 0 Å². The molecule has 1 unspecified atom stereocenters. The summed E-state index contributed by atoms with van der Waals surface area (Å²) in [6, 6.07) is 0.598. The van der Waals surface area contributed by atoms with Gasteiger partial charge in [-0.15, -0.1) is 0 Å². The Morgan fingerprint density at radius 3 is 2.06 bits per heavy atom. The van der Waals surface area contributed by atoms with Gasteiger partial charge < -0.3 is 10.4 Å². The van der Waals surface area contributed by atoms with E-state index in [1.165, 1.54) is 19.3 Å². The summed E-state index contributed by atoms with van der Waals surface area (Å²) in [4.78, 5) is 0. The van der Waals surface area contributed by atoms with Crippen molar-refractivity contribution in [3.63, 3.8) is 0 Å². The highest BCUT2D eigenvalue weighted by molar-refractivity contribution is 4.93. The third kappa shape index (κ3) is 4.55. The van der Waals surface area contributed by atoms with Crippen LogP contribution in [0.25, 0.3) is 0 Å². The fraction of sp³-hybridized carbons (Fsp3) is 1.00. The maximum atomic E-state index is 9.48. The summed E-state index contributed by atoms with van der Waals surface area (Å²) < 4.78 is 0. The van der Waals surface area contributed by atoms with Crippen LogP contribution in [-0.2, 0) is 0 Å². The van der Waals surface area contributed by atoms with E-state index >= 15 is 0 Å². The van der Waals surface area contributed by atoms with Gasteiger partial charge in [-0.05, 0) is 36.5 Å². The second kappa shape index (κ2) is 5.50. The Morgan fingerprint density at radius 1 is 1.17 bits per heavy atom. The van der Waals surface area contributed by atoms with Gasteiger partial charge in [-0.25, -0.2) is 0 Å². The van der Waals surface area contributed by atoms with Gasteiger partial charge in [-0.1, -0.05) is 41.5 Å². The summed E-state index contributed by atoms with van der Waals surface area (Å²) in [7, 11) is 0. The summed E-state index contributed by atoms with van der Waals surface area (Å²) in [6.45, 7) is 15.1. The van der Waals surface area contributed by atoms with Crippen LogP contribution in [0.4, 0.5) is 0 Å². The van der Waals surface area contributed by atoms with Gasteiger partial charge in [0.15, 0.2) is 0 Å². The smallest absolute Gasteiger partial charge is 0.0496 e. The van der Waals surface area contributed by atoms with Crippen molar-refractivity contribution in [1.82, 2.24) is 5.32 Å². The average Bonchev–Trinajstić information content (AvgIpc) is 2.22. The number of hydrogen-bond acceptors (Lipinski definition) is 2. The van der Waals surface area contributed by atoms with Gasteiger partial charge in [-0.2, -0.15) is 0 Å². The van der Waals surface area contributed by atoms with E-state index in [-0.39, 0.29) is 12.0 Å². The first-order valence-electron chi connectivity index (χ1n) is 7.46. The lowest BCUT2D eigenvalue weighted by atomic mass is 9.63. The monoisotopic (exact) mass is 255 g/mol. The van der Waals surface area contributed by atoms with Gasteiger partial charge in [0.25, 0.3) is 0 Å². The minimum absolute atomic E-state index is 0.0335. The molecular weight excluding hydrogens is 222 g/mol. The first-order valence-corrected chi connectivity index (χ1v) is 7.46. The molecule has 0 aromatic heterocycles. The highest BCUT2D eigenvalue weighted by atomic mass is 16.3. The van der Waals surface area contributed by atoms with Gasteiger partial charge in [0, 0.05) is 24.6 Å².